The lowest BCUT2D eigenvalue weighted by Gasteiger charge is -2.42. The van der Waals surface area contributed by atoms with Gasteiger partial charge in [0, 0.05) is 18.7 Å². The van der Waals surface area contributed by atoms with Gasteiger partial charge in [-0.25, -0.2) is 0 Å². The van der Waals surface area contributed by atoms with E-state index in [0.717, 1.165) is 12.5 Å². The van der Waals surface area contributed by atoms with Gasteiger partial charge < -0.3 is 4.84 Å². The zero-order valence-electron chi connectivity index (χ0n) is 7.57. The highest BCUT2D eigenvalue weighted by atomic mass is 16.6. The summed E-state index contributed by atoms with van der Waals surface area (Å²) in [4.78, 5) is 7.86. The molecule has 0 aromatic rings. The van der Waals surface area contributed by atoms with Crippen molar-refractivity contribution in [2.24, 2.45) is 11.1 Å². The molecule has 0 aliphatic carbocycles. The molecule has 3 rings (SSSR count). The number of hydrogen-bond acceptors (Lipinski definition) is 3. The molecular formula is C9H16N2O. The fourth-order valence-electron chi connectivity index (χ4n) is 2.17. The molecule has 1 unspecified atom stereocenters. The van der Waals surface area contributed by atoms with E-state index in [1.165, 1.54) is 25.9 Å². The second-order valence-corrected chi connectivity index (χ2v) is 3.65. The smallest absolute Gasteiger partial charge is 0.143 e. The summed E-state index contributed by atoms with van der Waals surface area (Å²) in [5, 5.41) is 3.86. The van der Waals surface area contributed by atoms with Crippen molar-refractivity contribution in [1.82, 2.24) is 4.90 Å². The average Bonchev–Trinajstić information content (AvgIpc) is 2.17. The molecule has 3 fully saturated rings. The molecule has 3 aliphatic rings. The first kappa shape index (κ1) is 8.05. The van der Waals surface area contributed by atoms with Gasteiger partial charge in [0.05, 0.1) is 0 Å². The lowest BCUT2D eigenvalue weighted by Crippen LogP contribution is -2.50. The van der Waals surface area contributed by atoms with Crippen LogP contribution >= 0.6 is 0 Å². The first-order chi connectivity index (χ1) is 5.90. The minimum Gasteiger partial charge on any atom is -0.391 e. The van der Waals surface area contributed by atoms with Crippen LogP contribution in [-0.4, -0.2) is 36.9 Å². The van der Waals surface area contributed by atoms with E-state index in [-0.39, 0.29) is 0 Å². The fraction of sp³-hybridized carbons (Fsp3) is 0.889. The molecule has 0 amide bonds. The van der Waals surface area contributed by atoms with Gasteiger partial charge in [-0.3, -0.25) is 4.90 Å². The predicted octanol–water partition coefficient (Wildman–Crippen LogP) is 1.10. The minimum atomic E-state index is 0.365. The van der Waals surface area contributed by atoms with Crippen molar-refractivity contribution in [3.05, 3.63) is 0 Å². The number of oxime groups is 1. The van der Waals surface area contributed by atoms with Gasteiger partial charge in [0.25, 0.3) is 0 Å². The summed E-state index contributed by atoms with van der Waals surface area (Å²) in [6.07, 6.45) is 4.68. The van der Waals surface area contributed by atoms with E-state index in [1.54, 1.807) is 6.21 Å². The highest BCUT2D eigenvalue weighted by Crippen LogP contribution is 2.29. The standard InChI is InChI=1S/C9H16N2O/c1-2-10-12-9-7-11-5-3-8(9)4-6-11/h2,8-9H,3-7H2,1H3/b10-2+. The van der Waals surface area contributed by atoms with Crippen molar-refractivity contribution in [3.63, 3.8) is 0 Å². The summed E-state index contributed by atoms with van der Waals surface area (Å²) in [6, 6.07) is 0. The Morgan fingerprint density at radius 3 is 2.67 bits per heavy atom. The Balaban J connectivity index is 1.90. The van der Waals surface area contributed by atoms with Gasteiger partial charge in [-0.15, -0.1) is 0 Å². The molecule has 12 heavy (non-hydrogen) atoms. The molecule has 1 atom stereocenters. The first-order valence-corrected chi connectivity index (χ1v) is 4.76. The van der Waals surface area contributed by atoms with E-state index < -0.39 is 0 Å². The third-order valence-corrected chi connectivity index (χ3v) is 2.90. The van der Waals surface area contributed by atoms with Gasteiger partial charge in [-0.1, -0.05) is 5.16 Å². The maximum atomic E-state index is 5.39. The third-order valence-electron chi connectivity index (χ3n) is 2.90. The highest BCUT2D eigenvalue weighted by molar-refractivity contribution is 5.52. The Bertz CT molecular complexity index is 173. The molecule has 0 spiro atoms. The number of hydrogen-bond donors (Lipinski definition) is 0. The van der Waals surface area contributed by atoms with E-state index in [1.807, 2.05) is 6.92 Å². The summed E-state index contributed by atoms with van der Waals surface area (Å²) < 4.78 is 0. The van der Waals surface area contributed by atoms with Gasteiger partial charge in [-0.05, 0) is 32.9 Å². The van der Waals surface area contributed by atoms with Crippen LogP contribution in [0.4, 0.5) is 0 Å². The van der Waals surface area contributed by atoms with Crippen molar-refractivity contribution in [3.8, 4) is 0 Å². The second-order valence-electron chi connectivity index (χ2n) is 3.65. The topological polar surface area (TPSA) is 24.8 Å². The molecule has 3 nitrogen and oxygen atoms in total. The maximum Gasteiger partial charge on any atom is 0.143 e. The number of fused-ring (bicyclic) bond motifs is 3. The van der Waals surface area contributed by atoms with Crippen molar-refractivity contribution >= 4 is 6.21 Å². The van der Waals surface area contributed by atoms with Gasteiger partial charge in [0.2, 0.25) is 0 Å². The van der Waals surface area contributed by atoms with E-state index in [0.29, 0.717) is 6.10 Å². The summed E-state index contributed by atoms with van der Waals surface area (Å²) in [5.41, 5.74) is 0. The highest BCUT2D eigenvalue weighted by Gasteiger charge is 2.35. The maximum absolute atomic E-state index is 5.39. The quantitative estimate of drug-likeness (QED) is 0.455. The lowest BCUT2D eigenvalue weighted by molar-refractivity contribution is -0.0676. The summed E-state index contributed by atoms with van der Waals surface area (Å²) in [6.45, 7) is 5.50. The molecule has 0 aromatic heterocycles. The van der Waals surface area contributed by atoms with Crippen LogP contribution in [0.1, 0.15) is 19.8 Å². The van der Waals surface area contributed by atoms with Crippen LogP contribution in [-0.2, 0) is 4.84 Å². The molecule has 3 heterocycles. The second kappa shape index (κ2) is 3.44. The van der Waals surface area contributed by atoms with Crippen LogP contribution in [0.3, 0.4) is 0 Å². The first-order valence-electron chi connectivity index (χ1n) is 4.76. The predicted molar refractivity (Wildman–Crippen MR) is 48.2 cm³/mol. The van der Waals surface area contributed by atoms with Crippen molar-refractivity contribution in [2.45, 2.75) is 25.9 Å². The van der Waals surface area contributed by atoms with Gasteiger partial charge in [0.1, 0.15) is 6.10 Å². The van der Waals surface area contributed by atoms with Crippen molar-refractivity contribution in [2.75, 3.05) is 19.6 Å². The van der Waals surface area contributed by atoms with Crippen LogP contribution in [0.15, 0.2) is 5.16 Å². The normalized spacial score (nSPS) is 40.6. The van der Waals surface area contributed by atoms with Crippen LogP contribution < -0.4 is 0 Å². The zero-order valence-corrected chi connectivity index (χ0v) is 7.57. The Hall–Kier alpha value is -0.570. The minimum absolute atomic E-state index is 0.365. The Labute approximate surface area is 73.4 Å². The van der Waals surface area contributed by atoms with E-state index >= 15 is 0 Å². The van der Waals surface area contributed by atoms with Gasteiger partial charge in [0.15, 0.2) is 0 Å². The molecule has 0 N–H and O–H groups in total. The number of nitrogens with zero attached hydrogens (tertiary/aromatic N) is 2. The van der Waals surface area contributed by atoms with Crippen LogP contribution in [0, 0.1) is 5.92 Å². The van der Waals surface area contributed by atoms with E-state index in [2.05, 4.69) is 10.1 Å². The van der Waals surface area contributed by atoms with E-state index in [4.69, 9.17) is 4.84 Å². The molecule has 0 aromatic carbocycles. The van der Waals surface area contributed by atoms with Crippen LogP contribution in [0.5, 0.6) is 0 Å². The average molecular weight is 168 g/mol. The summed E-state index contributed by atoms with van der Waals surface area (Å²) in [5.74, 6) is 0.763. The lowest BCUT2D eigenvalue weighted by atomic mass is 9.86. The Morgan fingerprint density at radius 1 is 1.42 bits per heavy atom. The fourth-order valence-corrected chi connectivity index (χ4v) is 2.17. The molecule has 0 radical (unpaired) electrons. The van der Waals surface area contributed by atoms with Crippen LogP contribution in [0.2, 0.25) is 0 Å². The largest absolute Gasteiger partial charge is 0.391 e. The van der Waals surface area contributed by atoms with Gasteiger partial charge in [-0.2, -0.15) is 0 Å². The molecule has 2 bridgehead atoms. The van der Waals surface area contributed by atoms with Crippen molar-refractivity contribution in [1.29, 1.82) is 0 Å². The summed E-state index contributed by atoms with van der Waals surface area (Å²) >= 11 is 0. The molecule has 3 aliphatic heterocycles. The summed E-state index contributed by atoms with van der Waals surface area (Å²) in [7, 11) is 0. The molecular weight excluding hydrogens is 152 g/mol. The van der Waals surface area contributed by atoms with E-state index in [9.17, 15) is 0 Å². The van der Waals surface area contributed by atoms with Gasteiger partial charge >= 0.3 is 0 Å². The molecule has 0 saturated carbocycles. The molecule has 3 saturated heterocycles. The third kappa shape index (κ3) is 1.46. The Morgan fingerprint density at radius 2 is 2.17 bits per heavy atom. The molecule has 68 valence electrons. The number of piperidine rings is 3. The SMILES string of the molecule is C/C=N/OC1CN2CCC1CC2. The zero-order chi connectivity index (χ0) is 8.39. The monoisotopic (exact) mass is 168 g/mol. The number of rotatable bonds is 2. The van der Waals surface area contributed by atoms with Crippen molar-refractivity contribution < 1.29 is 4.84 Å². The van der Waals surface area contributed by atoms with Crippen LogP contribution in [0.25, 0.3) is 0 Å². The molecule has 3 heteroatoms. The Kier molecular flexibility index (Phi) is 2.30.